The summed E-state index contributed by atoms with van der Waals surface area (Å²) in [4.78, 5) is 23.4. The van der Waals surface area contributed by atoms with Crippen molar-refractivity contribution in [1.29, 1.82) is 0 Å². The van der Waals surface area contributed by atoms with Crippen molar-refractivity contribution in [1.82, 2.24) is 0 Å². The molecule has 0 bridgehead atoms. The fourth-order valence-corrected chi connectivity index (χ4v) is 2.09. The van der Waals surface area contributed by atoms with Crippen LogP contribution in [0.15, 0.2) is 48.5 Å². The van der Waals surface area contributed by atoms with Gasteiger partial charge in [0.25, 0.3) is 5.91 Å². The Morgan fingerprint density at radius 2 is 1.59 bits per heavy atom. The van der Waals surface area contributed by atoms with Crippen LogP contribution in [0.1, 0.15) is 5.56 Å². The monoisotopic (exact) mass is 383 g/mol. The Bertz CT molecular complexity index is 808. The number of esters is 1. The number of carbonyl (C=O) groups excluding carboxylic acids is 2. The third-order valence-electron chi connectivity index (χ3n) is 3.29. The molecule has 0 atom stereocenters. The molecule has 0 saturated carbocycles. The van der Waals surface area contributed by atoms with Gasteiger partial charge in [0.2, 0.25) is 0 Å². The standard InChI is InChI=1S/C18H16F3NO5/c1-25-14-8-4-5-9-15(14)26-11-17(24)27-10-16(23)22-13-7-3-2-6-12(13)18(19,20)21/h2-9H,10-11H2,1H3,(H,22,23). The van der Waals surface area contributed by atoms with E-state index in [-0.39, 0.29) is 0 Å². The molecule has 0 aliphatic carbocycles. The van der Waals surface area contributed by atoms with Crippen molar-refractivity contribution in [3.8, 4) is 11.5 Å². The number of methoxy groups -OCH3 is 1. The van der Waals surface area contributed by atoms with E-state index in [0.717, 1.165) is 12.1 Å². The minimum Gasteiger partial charge on any atom is -0.493 e. The molecule has 6 nitrogen and oxygen atoms in total. The average Bonchev–Trinajstić information content (AvgIpc) is 2.64. The highest BCUT2D eigenvalue weighted by molar-refractivity contribution is 5.93. The van der Waals surface area contributed by atoms with Gasteiger partial charge in [-0.1, -0.05) is 24.3 Å². The van der Waals surface area contributed by atoms with E-state index in [4.69, 9.17) is 14.2 Å². The zero-order chi connectivity index (χ0) is 19.9. The number of nitrogens with one attached hydrogen (secondary N) is 1. The van der Waals surface area contributed by atoms with E-state index in [9.17, 15) is 22.8 Å². The fraction of sp³-hybridized carbons (Fsp3) is 0.222. The Labute approximate surface area is 152 Å². The molecule has 1 N–H and O–H groups in total. The highest BCUT2D eigenvalue weighted by Gasteiger charge is 2.33. The minimum atomic E-state index is -4.62. The number of amides is 1. The van der Waals surface area contributed by atoms with Gasteiger partial charge in [0.1, 0.15) is 0 Å². The Morgan fingerprint density at radius 3 is 2.26 bits per heavy atom. The summed E-state index contributed by atoms with van der Waals surface area (Å²) >= 11 is 0. The SMILES string of the molecule is COc1ccccc1OCC(=O)OCC(=O)Nc1ccccc1C(F)(F)F. The molecule has 9 heteroatoms. The van der Waals surface area contributed by atoms with E-state index < -0.39 is 42.5 Å². The van der Waals surface area contributed by atoms with Crippen molar-refractivity contribution in [3.05, 3.63) is 54.1 Å². The lowest BCUT2D eigenvalue weighted by atomic mass is 10.1. The van der Waals surface area contributed by atoms with E-state index in [0.29, 0.717) is 11.5 Å². The molecular formula is C18H16F3NO5. The summed E-state index contributed by atoms with van der Waals surface area (Å²) < 4.78 is 53.6. The number of hydrogen-bond donors (Lipinski definition) is 1. The average molecular weight is 383 g/mol. The summed E-state index contributed by atoms with van der Waals surface area (Å²) in [5.74, 6) is -1.05. The van der Waals surface area contributed by atoms with Crippen LogP contribution in [0, 0.1) is 0 Å². The topological polar surface area (TPSA) is 73.9 Å². The van der Waals surface area contributed by atoms with E-state index in [1.165, 1.54) is 19.2 Å². The Morgan fingerprint density at radius 1 is 0.963 bits per heavy atom. The van der Waals surface area contributed by atoms with Crippen LogP contribution in [0.3, 0.4) is 0 Å². The molecule has 0 aliphatic heterocycles. The van der Waals surface area contributed by atoms with E-state index in [2.05, 4.69) is 5.32 Å². The van der Waals surface area contributed by atoms with Crippen LogP contribution in [0.25, 0.3) is 0 Å². The maximum absolute atomic E-state index is 12.9. The van der Waals surface area contributed by atoms with Gasteiger partial charge in [-0.25, -0.2) is 4.79 Å². The Hall–Kier alpha value is -3.23. The molecule has 27 heavy (non-hydrogen) atoms. The van der Waals surface area contributed by atoms with Crippen LogP contribution >= 0.6 is 0 Å². The predicted molar refractivity (Wildman–Crippen MR) is 89.5 cm³/mol. The Balaban J connectivity index is 1.85. The van der Waals surface area contributed by atoms with E-state index in [1.54, 1.807) is 24.3 Å². The lowest BCUT2D eigenvalue weighted by molar-refractivity contribution is -0.149. The number of carbonyl (C=O) groups is 2. The van der Waals surface area contributed by atoms with Gasteiger partial charge < -0.3 is 19.5 Å². The van der Waals surface area contributed by atoms with Crippen LogP contribution in [-0.2, 0) is 20.5 Å². The normalized spacial score (nSPS) is 10.8. The lowest BCUT2D eigenvalue weighted by Gasteiger charge is -2.13. The first-order valence-corrected chi connectivity index (χ1v) is 7.68. The van der Waals surface area contributed by atoms with Gasteiger partial charge >= 0.3 is 12.1 Å². The molecule has 0 heterocycles. The number of hydrogen-bond acceptors (Lipinski definition) is 5. The molecule has 2 aromatic carbocycles. The second-order valence-corrected chi connectivity index (χ2v) is 5.19. The highest BCUT2D eigenvalue weighted by atomic mass is 19.4. The number of para-hydroxylation sites is 3. The lowest BCUT2D eigenvalue weighted by Crippen LogP contribution is -2.24. The van der Waals surface area contributed by atoms with E-state index >= 15 is 0 Å². The summed E-state index contributed by atoms with van der Waals surface area (Å²) in [5.41, 5.74) is -1.42. The molecule has 0 unspecified atom stereocenters. The van der Waals surface area contributed by atoms with Crippen LogP contribution < -0.4 is 14.8 Å². The first-order chi connectivity index (χ1) is 12.8. The summed E-state index contributed by atoms with van der Waals surface area (Å²) in [5, 5.41) is 2.07. The maximum atomic E-state index is 12.9. The van der Waals surface area contributed by atoms with Crippen LogP contribution in [-0.4, -0.2) is 32.2 Å². The van der Waals surface area contributed by atoms with Gasteiger partial charge in [-0.3, -0.25) is 4.79 Å². The number of ether oxygens (including phenoxy) is 3. The third-order valence-corrected chi connectivity index (χ3v) is 3.29. The number of alkyl halides is 3. The van der Waals surface area contributed by atoms with Gasteiger partial charge in [0.05, 0.1) is 18.4 Å². The smallest absolute Gasteiger partial charge is 0.418 e. The Kier molecular flexibility index (Phi) is 6.64. The maximum Gasteiger partial charge on any atom is 0.418 e. The van der Waals surface area contributed by atoms with Gasteiger partial charge in [-0.2, -0.15) is 13.2 Å². The van der Waals surface area contributed by atoms with Crippen molar-refractivity contribution in [2.45, 2.75) is 6.18 Å². The number of halogens is 3. The van der Waals surface area contributed by atoms with Crippen molar-refractivity contribution >= 4 is 17.6 Å². The fourth-order valence-electron chi connectivity index (χ4n) is 2.09. The molecule has 2 rings (SSSR count). The minimum absolute atomic E-state index is 0.306. The van der Waals surface area contributed by atoms with Crippen molar-refractivity contribution < 1.29 is 37.0 Å². The second-order valence-electron chi connectivity index (χ2n) is 5.19. The number of rotatable bonds is 7. The number of anilines is 1. The van der Waals surface area contributed by atoms with Crippen LogP contribution in [0.5, 0.6) is 11.5 Å². The largest absolute Gasteiger partial charge is 0.493 e. The molecule has 0 saturated heterocycles. The number of benzene rings is 2. The predicted octanol–water partition coefficient (Wildman–Crippen LogP) is 3.27. The molecule has 0 spiro atoms. The molecule has 1 amide bonds. The highest BCUT2D eigenvalue weighted by Crippen LogP contribution is 2.34. The van der Waals surface area contributed by atoms with Gasteiger partial charge in [0, 0.05) is 0 Å². The van der Waals surface area contributed by atoms with Gasteiger partial charge in [-0.05, 0) is 24.3 Å². The molecule has 0 aromatic heterocycles. The summed E-state index contributed by atoms with van der Waals surface area (Å²) in [6.45, 7) is -1.24. The molecular weight excluding hydrogens is 367 g/mol. The second kappa shape index (κ2) is 8.93. The van der Waals surface area contributed by atoms with Gasteiger partial charge in [0.15, 0.2) is 24.7 Å². The first kappa shape index (κ1) is 20.1. The zero-order valence-electron chi connectivity index (χ0n) is 14.2. The van der Waals surface area contributed by atoms with Crippen molar-refractivity contribution in [2.24, 2.45) is 0 Å². The molecule has 0 radical (unpaired) electrons. The molecule has 144 valence electrons. The zero-order valence-corrected chi connectivity index (χ0v) is 14.2. The van der Waals surface area contributed by atoms with Crippen molar-refractivity contribution in [2.75, 3.05) is 25.6 Å². The quantitative estimate of drug-likeness (QED) is 0.743. The van der Waals surface area contributed by atoms with Gasteiger partial charge in [-0.15, -0.1) is 0 Å². The molecule has 0 fully saturated rings. The van der Waals surface area contributed by atoms with Crippen molar-refractivity contribution in [3.63, 3.8) is 0 Å². The van der Waals surface area contributed by atoms with Crippen LogP contribution in [0.2, 0.25) is 0 Å². The molecule has 0 aliphatic rings. The molecule has 2 aromatic rings. The summed E-state index contributed by atoms with van der Waals surface area (Å²) in [7, 11) is 1.43. The van der Waals surface area contributed by atoms with Crippen LogP contribution in [0.4, 0.5) is 18.9 Å². The summed E-state index contributed by atoms with van der Waals surface area (Å²) in [6.07, 6.45) is -4.62. The van der Waals surface area contributed by atoms with E-state index in [1.807, 2.05) is 0 Å². The third kappa shape index (κ3) is 5.91. The first-order valence-electron chi connectivity index (χ1n) is 7.68. The summed E-state index contributed by atoms with van der Waals surface area (Å²) in [6, 6.07) is 11.1.